The summed E-state index contributed by atoms with van der Waals surface area (Å²) in [4.78, 5) is 38.0. The standard InChI is InChI=1S/C21H28N4O3/c1-13(15-3-2-8-22-11-15)23-10-14-4-5-16-12-25(21(28)17(16)9-14)18-6-7-19(26)24-20(18)27/h4-5,9,13,15,18,22-23H,2-3,6-8,10-12H2,1H3,(H,24,26,27). The van der Waals surface area contributed by atoms with Crippen LogP contribution in [0.3, 0.4) is 0 Å². The Hall–Kier alpha value is -2.25. The number of piperidine rings is 2. The van der Waals surface area contributed by atoms with Crippen molar-refractivity contribution >= 4 is 17.7 Å². The summed E-state index contributed by atoms with van der Waals surface area (Å²) in [7, 11) is 0. The van der Waals surface area contributed by atoms with E-state index in [1.165, 1.54) is 12.8 Å². The fourth-order valence-electron chi connectivity index (χ4n) is 4.46. The lowest BCUT2D eigenvalue weighted by molar-refractivity contribution is -0.136. The van der Waals surface area contributed by atoms with Gasteiger partial charge >= 0.3 is 0 Å². The van der Waals surface area contributed by atoms with Crippen LogP contribution in [-0.2, 0) is 22.7 Å². The van der Waals surface area contributed by atoms with Crippen molar-refractivity contribution in [2.75, 3.05) is 13.1 Å². The van der Waals surface area contributed by atoms with Gasteiger partial charge in [0.1, 0.15) is 6.04 Å². The Morgan fingerprint density at radius 3 is 2.86 bits per heavy atom. The minimum Gasteiger partial charge on any atom is -0.322 e. The normalized spacial score (nSPS) is 26.2. The fraction of sp³-hybridized carbons (Fsp3) is 0.571. The van der Waals surface area contributed by atoms with E-state index in [9.17, 15) is 14.4 Å². The zero-order valence-electron chi connectivity index (χ0n) is 16.3. The minimum atomic E-state index is -0.557. The molecule has 7 nitrogen and oxygen atoms in total. The van der Waals surface area contributed by atoms with Gasteiger partial charge in [-0.25, -0.2) is 0 Å². The van der Waals surface area contributed by atoms with Gasteiger partial charge in [-0.15, -0.1) is 0 Å². The van der Waals surface area contributed by atoms with E-state index < -0.39 is 6.04 Å². The predicted molar refractivity (Wildman–Crippen MR) is 104 cm³/mol. The molecule has 3 unspecified atom stereocenters. The first-order valence-electron chi connectivity index (χ1n) is 10.2. The van der Waals surface area contributed by atoms with Crippen molar-refractivity contribution in [3.05, 3.63) is 34.9 Å². The highest BCUT2D eigenvalue weighted by Crippen LogP contribution is 2.28. The van der Waals surface area contributed by atoms with Gasteiger partial charge < -0.3 is 15.5 Å². The van der Waals surface area contributed by atoms with Crippen LogP contribution in [0.5, 0.6) is 0 Å². The Morgan fingerprint density at radius 1 is 1.25 bits per heavy atom. The van der Waals surface area contributed by atoms with Gasteiger partial charge in [0.15, 0.2) is 0 Å². The number of imide groups is 1. The van der Waals surface area contributed by atoms with Gasteiger partial charge in [-0.05, 0) is 62.4 Å². The van der Waals surface area contributed by atoms with E-state index >= 15 is 0 Å². The zero-order chi connectivity index (χ0) is 19.7. The molecule has 0 radical (unpaired) electrons. The molecule has 3 amide bonds. The molecule has 7 heteroatoms. The number of hydrogen-bond donors (Lipinski definition) is 3. The van der Waals surface area contributed by atoms with Gasteiger partial charge in [0, 0.05) is 31.1 Å². The van der Waals surface area contributed by atoms with Gasteiger partial charge in [0.05, 0.1) is 0 Å². The molecular formula is C21H28N4O3. The van der Waals surface area contributed by atoms with Crippen molar-refractivity contribution in [1.82, 2.24) is 20.9 Å². The quantitative estimate of drug-likeness (QED) is 0.657. The van der Waals surface area contributed by atoms with Gasteiger partial charge in [-0.3, -0.25) is 19.7 Å². The van der Waals surface area contributed by atoms with Crippen molar-refractivity contribution in [3.63, 3.8) is 0 Å². The molecule has 1 aromatic rings. The molecule has 28 heavy (non-hydrogen) atoms. The van der Waals surface area contributed by atoms with E-state index in [0.29, 0.717) is 30.5 Å². The van der Waals surface area contributed by atoms with Crippen LogP contribution in [0, 0.1) is 5.92 Å². The van der Waals surface area contributed by atoms with E-state index in [0.717, 1.165) is 30.8 Å². The van der Waals surface area contributed by atoms with E-state index in [4.69, 9.17) is 0 Å². The van der Waals surface area contributed by atoms with Crippen molar-refractivity contribution in [1.29, 1.82) is 0 Å². The monoisotopic (exact) mass is 384 g/mol. The number of nitrogens with zero attached hydrogens (tertiary/aromatic N) is 1. The molecule has 2 saturated heterocycles. The van der Waals surface area contributed by atoms with Crippen molar-refractivity contribution in [3.8, 4) is 0 Å². The second-order valence-corrected chi connectivity index (χ2v) is 8.17. The zero-order valence-corrected chi connectivity index (χ0v) is 16.3. The first kappa shape index (κ1) is 19.1. The third kappa shape index (κ3) is 3.82. The Bertz CT molecular complexity index is 788. The molecule has 1 aromatic carbocycles. The molecule has 2 fully saturated rings. The summed E-state index contributed by atoms with van der Waals surface area (Å²) in [5.74, 6) is -0.112. The second kappa shape index (κ2) is 8.01. The summed E-state index contributed by atoms with van der Waals surface area (Å²) in [6.07, 6.45) is 3.14. The van der Waals surface area contributed by atoms with Crippen LogP contribution in [0.2, 0.25) is 0 Å². The maximum absolute atomic E-state index is 12.9. The smallest absolute Gasteiger partial charge is 0.255 e. The third-order valence-electron chi connectivity index (χ3n) is 6.26. The van der Waals surface area contributed by atoms with Crippen LogP contribution in [0.4, 0.5) is 0 Å². The minimum absolute atomic E-state index is 0.115. The van der Waals surface area contributed by atoms with E-state index in [2.05, 4.69) is 28.9 Å². The van der Waals surface area contributed by atoms with Crippen molar-refractivity contribution < 1.29 is 14.4 Å². The number of rotatable bonds is 5. The van der Waals surface area contributed by atoms with Gasteiger partial charge in [-0.1, -0.05) is 12.1 Å². The first-order valence-corrected chi connectivity index (χ1v) is 10.2. The summed E-state index contributed by atoms with van der Waals surface area (Å²) < 4.78 is 0. The molecular weight excluding hydrogens is 356 g/mol. The number of fused-ring (bicyclic) bond motifs is 1. The molecule has 0 aliphatic carbocycles. The van der Waals surface area contributed by atoms with Crippen LogP contribution in [0.1, 0.15) is 54.1 Å². The molecule has 0 saturated carbocycles. The molecule has 150 valence electrons. The molecule has 3 heterocycles. The van der Waals surface area contributed by atoms with Gasteiger partial charge in [0.25, 0.3) is 5.91 Å². The van der Waals surface area contributed by atoms with Crippen molar-refractivity contribution in [2.24, 2.45) is 5.92 Å². The summed E-state index contributed by atoms with van der Waals surface area (Å²) in [6, 6.07) is 5.85. The van der Waals surface area contributed by atoms with Crippen LogP contribution >= 0.6 is 0 Å². The Labute approximate surface area is 165 Å². The van der Waals surface area contributed by atoms with E-state index in [1.807, 2.05) is 12.1 Å². The highest BCUT2D eigenvalue weighted by atomic mass is 16.2. The first-order chi connectivity index (χ1) is 13.5. The Morgan fingerprint density at radius 2 is 2.11 bits per heavy atom. The molecule has 0 spiro atoms. The molecule has 3 atom stereocenters. The molecule has 0 bridgehead atoms. The lowest BCUT2D eigenvalue weighted by Gasteiger charge is -2.29. The largest absolute Gasteiger partial charge is 0.322 e. The maximum Gasteiger partial charge on any atom is 0.255 e. The van der Waals surface area contributed by atoms with E-state index in [-0.39, 0.29) is 24.1 Å². The topological polar surface area (TPSA) is 90.5 Å². The molecule has 4 rings (SSSR count). The van der Waals surface area contributed by atoms with Crippen LogP contribution in [0.15, 0.2) is 18.2 Å². The Kier molecular flexibility index (Phi) is 5.46. The third-order valence-corrected chi connectivity index (χ3v) is 6.26. The maximum atomic E-state index is 12.9. The van der Waals surface area contributed by atoms with Crippen LogP contribution in [0.25, 0.3) is 0 Å². The molecule has 0 aromatic heterocycles. The van der Waals surface area contributed by atoms with Crippen LogP contribution in [-0.4, -0.2) is 47.8 Å². The van der Waals surface area contributed by atoms with E-state index in [1.54, 1.807) is 4.90 Å². The lowest BCUT2D eigenvalue weighted by atomic mass is 9.92. The second-order valence-electron chi connectivity index (χ2n) is 8.17. The highest BCUT2D eigenvalue weighted by Gasteiger charge is 2.39. The predicted octanol–water partition coefficient (Wildman–Crippen LogP) is 0.925. The number of nitrogens with one attached hydrogen (secondary N) is 3. The van der Waals surface area contributed by atoms with Gasteiger partial charge in [-0.2, -0.15) is 0 Å². The average molecular weight is 384 g/mol. The number of carbonyl (C=O) groups is 3. The Balaban J connectivity index is 1.40. The highest BCUT2D eigenvalue weighted by molar-refractivity contribution is 6.05. The van der Waals surface area contributed by atoms with Gasteiger partial charge in [0.2, 0.25) is 11.8 Å². The number of hydrogen-bond acceptors (Lipinski definition) is 5. The van der Waals surface area contributed by atoms with Crippen molar-refractivity contribution in [2.45, 2.75) is 57.8 Å². The summed E-state index contributed by atoms with van der Waals surface area (Å²) in [5.41, 5.74) is 2.70. The number of carbonyl (C=O) groups excluding carboxylic acids is 3. The summed E-state index contributed by atoms with van der Waals surface area (Å²) in [5, 5.41) is 9.39. The molecule has 3 aliphatic heterocycles. The lowest BCUT2D eigenvalue weighted by Crippen LogP contribution is -2.52. The number of benzene rings is 1. The summed E-state index contributed by atoms with van der Waals surface area (Å²) >= 11 is 0. The SMILES string of the molecule is CC(NCc1ccc2c(c1)C(=O)N(C1CCC(=O)NC1=O)C2)C1CCCNC1. The average Bonchev–Trinajstić information content (AvgIpc) is 3.03. The summed E-state index contributed by atoms with van der Waals surface area (Å²) in [6.45, 7) is 5.54. The molecule has 3 N–H and O–H groups in total. The number of amides is 3. The molecule has 3 aliphatic rings. The fourth-order valence-corrected chi connectivity index (χ4v) is 4.46. The van der Waals surface area contributed by atoms with Crippen LogP contribution < -0.4 is 16.0 Å².